The van der Waals surface area contributed by atoms with Crippen LogP contribution in [0.4, 0.5) is 27.8 Å². The van der Waals surface area contributed by atoms with E-state index in [1.165, 1.54) is 19.2 Å². The first-order chi connectivity index (χ1) is 16.9. The molecule has 0 saturated carbocycles. The number of fused-ring (bicyclic) bond motifs is 2. The molecule has 1 fully saturated rings. The fraction of sp³-hybridized carbons (Fsp3) is 0.435. The molecule has 4 heterocycles. The summed E-state index contributed by atoms with van der Waals surface area (Å²) in [4.78, 5) is 25.5. The van der Waals surface area contributed by atoms with Crippen LogP contribution >= 0.6 is 0 Å². The van der Waals surface area contributed by atoms with Gasteiger partial charge in [-0.25, -0.2) is 4.68 Å². The SMILES string of the molecule is CC(Nc1nn(C)c(=O)c2cc(=O)n([C@]3(C(F)(F)F)CCOC3)cc12)c1cccc2c1OCC2(F)F. The summed E-state index contributed by atoms with van der Waals surface area (Å²) in [7, 11) is 1.33. The van der Waals surface area contributed by atoms with Crippen molar-refractivity contribution < 1.29 is 31.4 Å². The molecule has 8 nitrogen and oxygen atoms in total. The number of alkyl halides is 5. The van der Waals surface area contributed by atoms with E-state index in [-0.39, 0.29) is 34.5 Å². The number of nitrogens with zero attached hydrogens (tertiary/aromatic N) is 3. The average Bonchev–Trinajstić information content (AvgIpc) is 3.42. The summed E-state index contributed by atoms with van der Waals surface area (Å²) in [6, 6.07) is 4.44. The number of aromatic nitrogens is 3. The lowest BCUT2D eigenvalue weighted by Gasteiger charge is -2.32. The molecule has 3 aromatic rings. The van der Waals surface area contributed by atoms with E-state index in [4.69, 9.17) is 9.47 Å². The molecule has 1 unspecified atom stereocenters. The van der Waals surface area contributed by atoms with Gasteiger partial charge in [-0.1, -0.05) is 12.1 Å². The Bertz CT molecular complexity index is 1470. The van der Waals surface area contributed by atoms with E-state index >= 15 is 0 Å². The highest BCUT2D eigenvalue weighted by Gasteiger charge is 2.59. The maximum Gasteiger partial charge on any atom is 0.414 e. The normalized spacial score (nSPS) is 21.9. The minimum Gasteiger partial charge on any atom is -0.486 e. The van der Waals surface area contributed by atoms with E-state index in [0.29, 0.717) is 10.1 Å². The molecule has 36 heavy (non-hydrogen) atoms. The van der Waals surface area contributed by atoms with Gasteiger partial charge < -0.3 is 14.8 Å². The molecule has 2 atom stereocenters. The molecule has 0 spiro atoms. The van der Waals surface area contributed by atoms with E-state index in [1.807, 2.05) is 0 Å². The highest BCUT2D eigenvalue weighted by Crippen LogP contribution is 2.45. The van der Waals surface area contributed by atoms with E-state index in [9.17, 15) is 31.5 Å². The minimum absolute atomic E-state index is 0.00710. The van der Waals surface area contributed by atoms with Gasteiger partial charge >= 0.3 is 12.1 Å². The number of nitrogens with one attached hydrogen (secondary N) is 1. The Kier molecular flexibility index (Phi) is 5.39. The first-order valence-corrected chi connectivity index (χ1v) is 11.0. The molecule has 0 bridgehead atoms. The Morgan fingerprint density at radius 3 is 2.58 bits per heavy atom. The molecule has 13 heteroatoms. The van der Waals surface area contributed by atoms with Crippen LogP contribution in [0.5, 0.6) is 5.75 Å². The number of pyridine rings is 1. The second-order valence-corrected chi connectivity index (χ2v) is 9.00. The Labute approximate surface area is 200 Å². The van der Waals surface area contributed by atoms with Crippen molar-refractivity contribution in [2.24, 2.45) is 7.05 Å². The molecule has 0 aliphatic carbocycles. The summed E-state index contributed by atoms with van der Waals surface area (Å²) in [5.41, 5.74) is -4.18. The lowest BCUT2D eigenvalue weighted by atomic mass is 9.96. The minimum atomic E-state index is -4.80. The first-order valence-electron chi connectivity index (χ1n) is 11.0. The maximum atomic E-state index is 14.1. The first kappa shape index (κ1) is 24.2. The number of halogens is 5. The van der Waals surface area contributed by atoms with E-state index in [1.54, 1.807) is 13.0 Å². The molecule has 2 aromatic heterocycles. The number of ether oxygens (including phenoxy) is 2. The van der Waals surface area contributed by atoms with E-state index < -0.39 is 54.4 Å². The van der Waals surface area contributed by atoms with Crippen molar-refractivity contribution in [3.8, 4) is 5.75 Å². The number of para-hydroxylation sites is 1. The molecule has 1 N–H and O–H groups in total. The standard InChI is InChI=1S/C23H21F5N4O4/c1-12(13-4-3-5-16-18(13)36-11-22(16,24)25)29-19-15-9-32(21(23(26,27)28)6-7-35-10-21)17(33)8-14(15)20(34)31(2)30-19/h3-5,8-9,12H,6-7,10-11H2,1-2H3,(H,29,30)/t12?,21-/m1/s1. The predicted molar refractivity (Wildman–Crippen MR) is 119 cm³/mol. The predicted octanol–water partition coefficient (Wildman–Crippen LogP) is 3.43. The number of rotatable bonds is 4. The van der Waals surface area contributed by atoms with Crippen LogP contribution in [0.25, 0.3) is 10.8 Å². The van der Waals surface area contributed by atoms with Gasteiger partial charge in [0, 0.05) is 43.3 Å². The highest BCUT2D eigenvalue weighted by molar-refractivity contribution is 5.90. The Morgan fingerprint density at radius 2 is 1.92 bits per heavy atom. The van der Waals surface area contributed by atoms with Crippen LogP contribution < -0.4 is 21.2 Å². The molecule has 1 aromatic carbocycles. The summed E-state index contributed by atoms with van der Waals surface area (Å²) < 4.78 is 82.4. The Morgan fingerprint density at radius 1 is 1.17 bits per heavy atom. The van der Waals surface area contributed by atoms with Gasteiger partial charge in [0.2, 0.25) is 0 Å². The fourth-order valence-corrected chi connectivity index (χ4v) is 4.74. The zero-order valence-electron chi connectivity index (χ0n) is 19.2. The van der Waals surface area contributed by atoms with Crippen molar-refractivity contribution in [3.05, 3.63) is 62.3 Å². The van der Waals surface area contributed by atoms with Gasteiger partial charge in [-0.3, -0.25) is 14.2 Å². The lowest BCUT2D eigenvalue weighted by molar-refractivity contribution is -0.214. The van der Waals surface area contributed by atoms with Gasteiger partial charge in [0.05, 0.1) is 23.6 Å². The highest BCUT2D eigenvalue weighted by atomic mass is 19.4. The molecule has 5 rings (SSSR count). The maximum absolute atomic E-state index is 14.1. The number of anilines is 1. The third kappa shape index (κ3) is 3.55. The van der Waals surface area contributed by atoms with Crippen molar-refractivity contribution >= 4 is 16.6 Å². The van der Waals surface area contributed by atoms with Gasteiger partial charge in [0.15, 0.2) is 18.0 Å². The molecule has 2 aliphatic rings. The number of hydrogen-bond acceptors (Lipinski definition) is 6. The van der Waals surface area contributed by atoms with Crippen LogP contribution in [0.15, 0.2) is 40.1 Å². The van der Waals surface area contributed by atoms with Crippen molar-refractivity contribution in [3.63, 3.8) is 0 Å². The van der Waals surface area contributed by atoms with E-state index in [0.717, 1.165) is 16.9 Å². The topological polar surface area (TPSA) is 87.4 Å². The molecule has 192 valence electrons. The van der Waals surface area contributed by atoms with Crippen LogP contribution in [0.1, 0.15) is 30.5 Å². The molecular weight excluding hydrogens is 491 g/mol. The second-order valence-electron chi connectivity index (χ2n) is 9.00. The Hall–Kier alpha value is -3.48. The molecule has 1 saturated heterocycles. The third-order valence-electron chi connectivity index (χ3n) is 6.73. The van der Waals surface area contributed by atoms with Gasteiger partial charge in [0.25, 0.3) is 11.1 Å². The van der Waals surface area contributed by atoms with E-state index in [2.05, 4.69) is 10.4 Å². The molecular formula is C23H21F5N4O4. The zero-order valence-corrected chi connectivity index (χ0v) is 19.2. The van der Waals surface area contributed by atoms with Crippen LogP contribution in [0.2, 0.25) is 0 Å². The van der Waals surface area contributed by atoms with Crippen LogP contribution in [0, 0.1) is 0 Å². The smallest absolute Gasteiger partial charge is 0.414 e. The van der Waals surface area contributed by atoms with Gasteiger partial charge in [-0.2, -0.15) is 27.1 Å². The second kappa shape index (κ2) is 8.02. The Balaban J connectivity index is 1.65. The van der Waals surface area contributed by atoms with Crippen molar-refractivity contribution in [1.82, 2.24) is 14.3 Å². The van der Waals surface area contributed by atoms with Crippen LogP contribution in [-0.2, 0) is 23.2 Å². The summed E-state index contributed by atoms with van der Waals surface area (Å²) in [6.45, 7) is -0.112. The van der Waals surface area contributed by atoms with Gasteiger partial charge in [0.1, 0.15) is 5.75 Å². The summed E-state index contributed by atoms with van der Waals surface area (Å²) in [5.74, 6) is -3.16. The molecule has 2 aliphatic heterocycles. The zero-order chi connectivity index (χ0) is 26.0. The number of hydrogen-bond donors (Lipinski definition) is 1. The van der Waals surface area contributed by atoms with Crippen LogP contribution in [0.3, 0.4) is 0 Å². The van der Waals surface area contributed by atoms with Crippen molar-refractivity contribution in [1.29, 1.82) is 0 Å². The third-order valence-corrected chi connectivity index (χ3v) is 6.73. The fourth-order valence-electron chi connectivity index (χ4n) is 4.74. The lowest BCUT2D eigenvalue weighted by Crippen LogP contribution is -2.52. The van der Waals surface area contributed by atoms with Gasteiger partial charge in [-0.05, 0) is 13.0 Å². The largest absolute Gasteiger partial charge is 0.486 e. The molecule has 0 amide bonds. The number of aryl methyl sites for hydroxylation is 1. The summed E-state index contributed by atoms with van der Waals surface area (Å²) >= 11 is 0. The monoisotopic (exact) mass is 512 g/mol. The summed E-state index contributed by atoms with van der Waals surface area (Å²) in [6.07, 6.45) is -4.31. The van der Waals surface area contributed by atoms with Crippen LogP contribution in [-0.4, -0.2) is 40.3 Å². The van der Waals surface area contributed by atoms with Crippen molar-refractivity contribution in [2.45, 2.75) is 37.0 Å². The molecule has 0 radical (unpaired) electrons. The quantitative estimate of drug-likeness (QED) is 0.540. The average molecular weight is 512 g/mol. The van der Waals surface area contributed by atoms with Crippen molar-refractivity contribution in [2.75, 3.05) is 25.1 Å². The summed E-state index contributed by atoms with van der Waals surface area (Å²) in [5, 5.41) is 6.97. The van der Waals surface area contributed by atoms with Gasteiger partial charge in [-0.15, -0.1) is 0 Å². The number of benzene rings is 1.